The quantitative estimate of drug-likeness (QED) is 0.742. The van der Waals surface area contributed by atoms with E-state index in [0.717, 1.165) is 11.0 Å². The highest BCUT2D eigenvalue weighted by atomic mass is 79.9. The highest BCUT2D eigenvalue weighted by molar-refractivity contribution is 9.10. The molecule has 1 nitrogen and oxygen atoms in total. The molecule has 2 aromatic rings. The molecule has 0 bridgehead atoms. The number of hydrogen-bond donors (Lipinski definition) is 1. The summed E-state index contributed by atoms with van der Waals surface area (Å²) in [6, 6.07) is 13.4. The van der Waals surface area contributed by atoms with Gasteiger partial charge in [0.15, 0.2) is 0 Å². The summed E-state index contributed by atoms with van der Waals surface area (Å²) in [5.41, 5.74) is 2.63. The molecule has 0 amide bonds. The molecular weight excluding hydrogens is 330 g/mol. The molecule has 20 heavy (non-hydrogen) atoms. The van der Waals surface area contributed by atoms with Crippen molar-refractivity contribution in [3.05, 3.63) is 51.3 Å². The molecule has 2 rings (SSSR count). The fraction of sp³-hybridized carbons (Fsp3) is 0.294. The summed E-state index contributed by atoms with van der Waals surface area (Å²) in [7, 11) is 0. The third kappa shape index (κ3) is 4.58. The van der Waals surface area contributed by atoms with E-state index in [-0.39, 0.29) is 0 Å². The first kappa shape index (κ1) is 15.5. The van der Waals surface area contributed by atoms with Crippen LogP contribution in [0.1, 0.15) is 25.6 Å². The van der Waals surface area contributed by atoms with Crippen LogP contribution in [0.2, 0.25) is 0 Å². The molecule has 0 radical (unpaired) electrons. The van der Waals surface area contributed by atoms with E-state index in [9.17, 15) is 0 Å². The van der Waals surface area contributed by atoms with E-state index in [1.807, 2.05) is 11.3 Å². The van der Waals surface area contributed by atoms with Gasteiger partial charge in [-0.15, -0.1) is 11.3 Å². The number of halogens is 1. The fourth-order valence-electron chi connectivity index (χ4n) is 1.89. The smallest absolute Gasteiger partial charge is 0.0349 e. The summed E-state index contributed by atoms with van der Waals surface area (Å²) in [6.45, 7) is 7.46. The average molecular weight is 350 g/mol. The summed E-state index contributed by atoms with van der Waals surface area (Å²) < 4.78 is 1.12. The minimum absolute atomic E-state index is 0.527. The van der Waals surface area contributed by atoms with Gasteiger partial charge in [-0.2, -0.15) is 0 Å². The van der Waals surface area contributed by atoms with Crippen molar-refractivity contribution < 1.29 is 0 Å². The second kappa shape index (κ2) is 7.21. The lowest BCUT2D eigenvalue weighted by molar-refractivity contribution is 0.623. The van der Waals surface area contributed by atoms with E-state index in [4.69, 9.17) is 0 Å². The van der Waals surface area contributed by atoms with Crippen molar-refractivity contribution in [2.24, 2.45) is 0 Å². The maximum Gasteiger partial charge on any atom is 0.0349 e. The van der Waals surface area contributed by atoms with Crippen molar-refractivity contribution in [1.29, 1.82) is 0 Å². The van der Waals surface area contributed by atoms with E-state index in [1.165, 1.54) is 20.9 Å². The molecule has 0 aliphatic rings. The maximum absolute atomic E-state index is 3.53. The Morgan fingerprint density at radius 2 is 2.10 bits per heavy atom. The first-order chi connectivity index (χ1) is 9.54. The maximum atomic E-state index is 3.53. The normalized spacial score (nSPS) is 12.2. The number of thiophene rings is 1. The zero-order valence-electron chi connectivity index (χ0n) is 12.1. The Hall–Kier alpha value is -0.900. The van der Waals surface area contributed by atoms with E-state index in [0.29, 0.717) is 6.04 Å². The Morgan fingerprint density at radius 3 is 2.80 bits per heavy atom. The van der Waals surface area contributed by atoms with E-state index in [2.05, 4.69) is 84.5 Å². The second-order valence-electron chi connectivity index (χ2n) is 5.24. The average Bonchev–Trinajstić information content (AvgIpc) is 2.85. The minimum Gasteiger partial charge on any atom is -0.311 e. The molecule has 0 atom stereocenters. The van der Waals surface area contributed by atoms with Crippen LogP contribution < -0.4 is 5.32 Å². The topological polar surface area (TPSA) is 12.0 Å². The van der Waals surface area contributed by atoms with Crippen molar-refractivity contribution in [1.82, 2.24) is 5.32 Å². The Morgan fingerprint density at radius 1 is 1.30 bits per heavy atom. The van der Waals surface area contributed by atoms with Crippen LogP contribution >= 0.6 is 27.3 Å². The van der Waals surface area contributed by atoms with Crippen molar-refractivity contribution in [2.45, 2.75) is 26.8 Å². The lowest BCUT2D eigenvalue weighted by Gasteiger charge is -2.07. The van der Waals surface area contributed by atoms with Gasteiger partial charge in [0, 0.05) is 26.8 Å². The summed E-state index contributed by atoms with van der Waals surface area (Å²) in [5, 5.41) is 3.44. The number of hydrogen-bond acceptors (Lipinski definition) is 2. The van der Waals surface area contributed by atoms with Crippen molar-refractivity contribution in [3.63, 3.8) is 0 Å². The number of nitrogens with one attached hydrogen (secondary N) is 1. The minimum atomic E-state index is 0.527. The SMILES string of the molecule is CC(=Cc1ccc(-c2cccc(Br)c2)s1)CNC(C)C. The molecule has 0 saturated heterocycles. The van der Waals surface area contributed by atoms with Gasteiger partial charge >= 0.3 is 0 Å². The molecule has 0 fully saturated rings. The molecule has 0 aliphatic carbocycles. The van der Waals surface area contributed by atoms with Gasteiger partial charge in [-0.1, -0.05) is 47.5 Å². The summed E-state index contributed by atoms with van der Waals surface area (Å²) in [6.07, 6.45) is 2.27. The van der Waals surface area contributed by atoms with Gasteiger partial charge in [0.25, 0.3) is 0 Å². The lowest BCUT2D eigenvalue weighted by Crippen LogP contribution is -2.24. The predicted molar refractivity (Wildman–Crippen MR) is 94.2 cm³/mol. The van der Waals surface area contributed by atoms with Crippen LogP contribution in [0, 0.1) is 0 Å². The van der Waals surface area contributed by atoms with Gasteiger partial charge in [0.05, 0.1) is 0 Å². The molecule has 1 heterocycles. The Bertz CT molecular complexity index is 599. The molecule has 1 aromatic carbocycles. The summed E-state index contributed by atoms with van der Waals surface area (Å²) in [5.74, 6) is 0. The van der Waals surface area contributed by atoms with Gasteiger partial charge in [-0.3, -0.25) is 0 Å². The standard InChI is InChI=1S/C17H20BrNS/c1-12(2)19-11-13(3)9-16-7-8-17(20-16)14-5-4-6-15(18)10-14/h4-10,12,19H,11H2,1-3H3. The number of benzene rings is 1. The molecule has 1 N–H and O–H groups in total. The van der Waals surface area contributed by atoms with Gasteiger partial charge in [-0.25, -0.2) is 0 Å². The highest BCUT2D eigenvalue weighted by Gasteiger charge is 2.02. The van der Waals surface area contributed by atoms with Crippen LogP contribution in [0.25, 0.3) is 16.5 Å². The first-order valence-corrected chi connectivity index (χ1v) is 8.42. The number of rotatable bonds is 5. The Balaban J connectivity index is 2.11. The van der Waals surface area contributed by atoms with Gasteiger partial charge in [0.2, 0.25) is 0 Å². The third-order valence-corrected chi connectivity index (χ3v) is 4.49. The monoisotopic (exact) mass is 349 g/mol. The van der Waals surface area contributed by atoms with E-state index >= 15 is 0 Å². The van der Waals surface area contributed by atoms with E-state index < -0.39 is 0 Å². The molecule has 1 aromatic heterocycles. The first-order valence-electron chi connectivity index (χ1n) is 6.81. The van der Waals surface area contributed by atoms with Crippen molar-refractivity contribution >= 4 is 33.3 Å². The van der Waals surface area contributed by atoms with E-state index in [1.54, 1.807) is 0 Å². The van der Waals surface area contributed by atoms with Crippen LogP contribution in [0.4, 0.5) is 0 Å². The molecule has 0 saturated carbocycles. The van der Waals surface area contributed by atoms with Crippen LogP contribution in [0.15, 0.2) is 46.4 Å². The molecule has 106 valence electrons. The Kier molecular flexibility index (Phi) is 5.58. The lowest BCUT2D eigenvalue weighted by atomic mass is 10.2. The van der Waals surface area contributed by atoms with Gasteiger partial charge in [0.1, 0.15) is 0 Å². The van der Waals surface area contributed by atoms with Gasteiger partial charge in [-0.05, 0) is 42.8 Å². The molecule has 0 unspecified atom stereocenters. The zero-order chi connectivity index (χ0) is 14.5. The van der Waals surface area contributed by atoms with Crippen LogP contribution in [-0.4, -0.2) is 12.6 Å². The second-order valence-corrected chi connectivity index (χ2v) is 7.27. The van der Waals surface area contributed by atoms with Crippen LogP contribution in [-0.2, 0) is 0 Å². The molecule has 3 heteroatoms. The molecule has 0 spiro atoms. The zero-order valence-corrected chi connectivity index (χ0v) is 14.5. The molecule has 0 aliphatic heterocycles. The largest absolute Gasteiger partial charge is 0.311 e. The van der Waals surface area contributed by atoms with Crippen LogP contribution in [0.5, 0.6) is 0 Å². The van der Waals surface area contributed by atoms with Gasteiger partial charge < -0.3 is 5.32 Å². The van der Waals surface area contributed by atoms with Crippen molar-refractivity contribution in [3.8, 4) is 10.4 Å². The predicted octanol–water partition coefficient (Wildman–Crippen LogP) is 5.58. The van der Waals surface area contributed by atoms with Crippen molar-refractivity contribution in [2.75, 3.05) is 6.54 Å². The third-order valence-electron chi connectivity index (χ3n) is 2.91. The summed E-state index contributed by atoms with van der Waals surface area (Å²) in [4.78, 5) is 2.62. The van der Waals surface area contributed by atoms with Crippen LogP contribution in [0.3, 0.4) is 0 Å². The molecular formula is C17H20BrNS. The summed E-state index contributed by atoms with van der Waals surface area (Å²) >= 11 is 5.36. The Labute approximate surface area is 133 Å². The highest BCUT2D eigenvalue weighted by Crippen LogP contribution is 2.30. The fourth-order valence-corrected chi connectivity index (χ4v) is 3.32.